The third-order valence-electron chi connectivity index (χ3n) is 2.85. The van der Waals surface area contributed by atoms with Gasteiger partial charge in [0.05, 0.1) is 0 Å². The minimum absolute atomic E-state index is 0.601. The molecule has 0 amide bonds. The van der Waals surface area contributed by atoms with E-state index in [-0.39, 0.29) is 0 Å². The third-order valence-corrected chi connectivity index (χ3v) is 2.85. The van der Waals surface area contributed by atoms with E-state index >= 15 is 0 Å². The van der Waals surface area contributed by atoms with Crippen molar-refractivity contribution in [3.8, 4) is 0 Å². The number of hydrogen-bond acceptors (Lipinski definition) is 3. The number of para-hydroxylation sites is 1. The average molecular weight is 203 g/mol. The molecule has 15 heavy (non-hydrogen) atoms. The van der Waals surface area contributed by atoms with Crippen LogP contribution in [0.1, 0.15) is 12.0 Å². The third kappa shape index (κ3) is 2.49. The van der Waals surface area contributed by atoms with Crippen molar-refractivity contribution in [3.05, 3.63) is 29.8 Å². The minimum Gasteiger partial charge on any atom is -0.864 e. The molecule has 0 aliphatic carbocycles. The van der Waals surface area contributed by atoms with Gasteiger partial charge in [-0.1, -0.05) is 24.6 Å². The fourth-order valence-corrected chi connectivity index (χ4v) is 2.02. The highest BCUT2D eigenvalue weighted by molar-refractivity contribution is 5.53. The lowest BCUT2D eigenvalue weighted by atomic mass is 9.92. The van der Waals surface area contributed by atoms with E-state index in [0.29, 0.717) is 18.9 Å². The summed E-state index contributed by atoms with van der Waals surface area (Å²) in [5.41, 5.74) is 2.63. The maximum absolute atomic E-state index is 10.1. The van der Waals surface area contributed by atoms with Crippen molar-refractivity contribution in [1.82, 2.24) is 0 Å². The first-order chi connectivity index (χ1) is 7.40. The Bertz CT molecular complexity index is 349. The van der Waals surface area contributed by atoms with Crippen LogP contribution in [0.4, 0.5) is 5.69 Å². The largest absolute Gasteiger partial charge is 0.864 e. The monoisotopic (exact) mass is 203 g/mol. The Hall–Kier alpha value is -1.51. The Morgan fingerprint density at radius 2 is 2.33 bits per heavy atom. The molecule has 0 spiro atoms. The zero-order valence-corrected chi connectivity index (χ0v) is 8.65. The lowest BCUT2D eigenvalue weighted by molar-refractivity contribution is -0.201. The fraction of sp³-hybridized carbons (Fsp3) is 0.417. The number of nitrogens with one attached hydrogen (secondary N) is 1. The van der Waals surface area contributed by atoms with E-state index in [9.17, 15) is 5.11 Å². The zero-order chi connectivity index (χ0) is 10.5. The van der Waals surface area contributed by atoms with Crippen LogP contribution in [-0.4, -0.2) is 19.5 Å². The van der Waals surface area contributed by atoms with Gasteiger partial charge in [-0.05, 0) is 30.4 Å². The van der Waals surface area contributed by atoms with Crippen LogP contribution in [0.3, 0.4) is 0 Å². The molecule has 1 atom stereocenters. The number of hydrogen-bond donors (Lipinski definition) is 1. The van der Waals surface area contributed by atoms with Gasteiger partial charge < -0.3 is 15.4 Å². The van der Waals surface area contributed by atoms with Crippen LogP contribution in [0.5, 0.6) is 0 Å². The summed E-state index contributed by atoms with van der Waals surface area (Å²) in [4.78, 5) is 3.71. The van der Waals surface area contributed by atoms with Gasteiger partial charge in [0.1, 0.15) is 0 Å². The summed E-state index contributed by atoms with van der Waals surface area (Å²) in [6.45, 7) is 1.64. The van der Waals surface area contributed by atoms with Gasteiger partial charge in [-0.2, -0.15) is 0 Å². The normalized spacial score (nSPS) is 19.9. The van der Waals surface area contributed by atoms with Crippen LogP contribution in [-0.2, 0) is 6.42 Å². The molecule has 1 N–H and O–H groups in total. The van der Waals surface area contributed by atoms with Crippen LogP contribution >= 0.6 is 0 Å². The van der Waals surface area contributed by atoms with Gasteiger partial charge in [-0.25, -0.2) is 0 Å². The summed E-state index contributed by atoms with van der Waals surface area (Å²) >= 11 is 0. The molecule has 1 aromatic carbocycles. The van der Waals surface area contributed by atoms with Gasteiger partial charge in [-0.3, -0.25) is 0 Å². The van der Waals surface area contributed by atoms with Crippen molar-refractivity contribution in [2.45, 2.75) is 12.8 Å². The second-order valence-electron chi connectivity index (χ2n) is 3.91. The molecule has 0 aromatic heterocycles. The molecule has 1 aliphatic heterocycles. The summed E-state index contributed by atoms with van der Waals surface area (Å²) < 4.78 is 0. The average Bonchev–Trinajstić information content (AvgIpc) is 2.29. The molecule has 3 nitrogen and oxygen atoms in total. The van der Waals surface area contributed by atoms with Gasteiger partial charge in [0.25, 0.3) is 0 Å². The molecule has 0 fully saturated rings. The Kier molecular flexibility index (Phi) is 3.22. The van der Waals surface area contributed by atoms with Crippen LogP contribution in [0.15, 0.2) is 29.3 Å². The van der Waals surface area contributed by atoms with Gasteiger partial charge in [0.15, 0.2) is 0 Å². The molecular weight excluding hydrogens is 188 g/mol. The summed E-state index contributed by atoms with van der Waals surface area (Å²) in [5.74, 6) is 0.601. The van der Waals surface area contributed by atoms with Crippen LogP contribution in [0, 0.1) is 5.92 Å². The van der Waals surface area contributed by atoms with Crippen molar-refractivity contribution in [2.24, 2.45) is 10.9 Å². The lowest BCUT2D eigenvalue weighted by Gasteiger charge is -2.25. The second-order valence-corrected chi connectivity index (χ2v) is 3.91. The number of nitrogens with zero attached hydrogens (tertiary/aromatic N) is 1. The topological polar surface area (TPSA) is 47.5 Å². The highest BCUT2D eigenvalue weighted by atomic mass is 16.3. The number of benzene rings is 1. The van der Waals surface area contributed by atoms with Gasteiger partial charge in [-0.15, -0.1) is 0 Å². The predicted molar refractivity (Wildman–Crippen MR) is 60.1 cm³/mol. The molecule has 1 aliphatic rings. The number of rotatable bonds is 3. The first kappa shape index (κ1) is 10.0. The highest BCUT2D eigenvalue weighted by Crippen LogP contribution is 2.25. The van der Waals surface area contributed by atoms with Gasteiger partial charge in [0, 0.05) is 18.8 Å². The second kappa shape index (κ2) is 4.82. The summed E-state index contributed by atoms with van der Waals surface area (Å²) in [6.07, 6.45) is 2.72. The molecule has 2 rings (SSSR count). The van der Waals surface area contributed by atoms with Crippen LogP contribution in [0.25, 0.3) is 0 Å². The Balaban J connectivity index is 1.94. The SMILES string of the molecule is [O-]C=NCC[C@@H]1CNc2ccccc2C1. The van der Waals surface area contributed by atoms with E-state index in [1.54, 1.807) is 0 Å². The molecule has 0 radical (unpaired) electrons. The minimum atomic E-state index is 0.601. The first-order valence-corrected chi connectivity index (χ1v) is 5.32. The van der Waals surface area contributed by atoms with E-state index < -0.39 is 0 Å². The van der Waals surface area contributed by atoms with E-state index in [2.05, 4.69) is 28.5 Å². The smallest absolute Gasteiger partial charge is 0.0378 e. The molecule has 3 heteroatoms. The zero-order valence-electron chi connectivity index (χ0n) is 8.65. The molecule has 0 saturated carbocycles. The number of anilines is 1. The molecule has 80 valence electrons. The standard InChI is InChI=1S/C12H16N2O/c15-9-13-6-5-10-7-11-3-1-2-4-12(11)14-8-10/h1-4,9-10,14H,5-8H2,(H,13,15)/p-1/t10-/m0/s1. The Morgan fingerprint density at radius 1 is 1.47 bits per heavy atom. The van der Waals surface area contributed by atoms with E-state index in [1.807, 2.05) is 6.07 Å². The van der Waals surface area contributed by atoms with Crippen molar-refractivity contribution < 1.29 is 5.11 Å². The molecule has 0 unspecified atom stereocenters. The Labute approximate surface area is 89.9 Å². The van der Waals surface area contributed by atoms with Crippen molar-refractivity contribution in [2.75, 3.05) is 18.4 Å². The molecular formula is C12H15N2O-. The van der Waals surface area contributed by atoms with Gasteiger partial charge >= 0.3 is 0 Å². The van der Waals surface area contributed by atoms with Gasteiger partial charge in [0.2, 0.25) is 0 Å². The number of aliphatic imine (C=N–C) groups is 1. The van der Waals surface area contributed by atoms with E-state index in [4.69, 9.17) is 0 Å². The number of fused-ring (bicyclic) bond motifs is 1. The lowest BCUT2D eigenvalue weighted by Crippen LogP contribution is -2.23. The fourth-order valence-electron chi connectivity index (χ4n) is 2.02. The molecule has 1 heterocycles. The predicted octanol–water partition coefficient (Wildman–Crippen LogP) is 1.05. The summed E-state index contributed by atoms with van der Waals surface area (Å²) in [6, 6.07) is 8.39. The Morgan fingerprint density at radius 3 is 3.20 bits per heavy atom. The first-order valence-electron chi connectivity index (χ1n) is 5.32. The molecule has 0 bridgehead atoms. The summed E-state index contributed by atoms with van der Waals surface area (Å²) in [5, 5.41) is 13.5. The maximum Gasteiger partial charge on any atom is 0.0378 e. The highest BCUT2D eigenvalue weighted by Gasteiger charge is 2.16. The van der Waals surface area contributed by atoms with Crippen molar-refractivity contribution in [1.29, 1.82) is 0 Å². The van der Waals surface area contributed by atoms with E-state index in [0.717, 1.165) is 19.4 Å². The van der Waals surface area contributed by atoms with Crippen LogP contribution < -0.4 is 10.4 Å². The van der Waals surface area contributed by atoms with E-state index in [1.165, 1.54) is 11.3 Å². The van der Waals surface area contributed by atoms with Crippen molar-refractivity contribution >= 4 is 12.1 Å². The molecule has 1 aromatic rings. The van der Waals surface area contributed by atoms with Crippen LogP contribution in [0.2, 0.25) is 0 Å². The van der Waals surface area contributed by atoms with Crippen molar-refractivity contribution in [3.63, 3.8) is 0 Å². The maximum atomic E-state index is 10.1. The molecule has 0 saturated heterocycles. The quantitative estimate of drug-likeness (QED) is 0.589. The summed E-state index contributed by atoms with van der Waals surface area (Å²) in [7, 11) is 0.